The Hall–Kier alpha value is -3.26. The van der Waals surface area contributed by atoms with Crippen LogP contribution in [0.15, 0.2) is 59.6 Å². The van der Waals surface area contributed by atoms with E-state index in [9.17, 15) is 5.26 Å². The van der Waals surface area contributed by atoms with Crippen molar-refractivity contribution in [2.75, 3.05) is 26.4 Å². The van der Waals surface area contributed by atoms with Crippen LogP contribution in [0.1, 0.15) is 23.2 Å². The lowest BCUT2D eigenvalue weighted by atomic mass is 10.1. The maximum absolute atomic E-state index is 9.52. The summed E-state index contributed by atoms with van der Waals surface area (Å²) in [5.41, 5.74) is 9.23. The number of halogens is 1. The molecule has 0 fully saturated rings. The first kappa shape index (κ1) is 25.0. The molecule has 0 radical (unpaired) electrons. The van der Waals surface area contributed by atoms with Crippen molar-refractivity contribution in [1.82, 2.24) is 20.4 Å². The molecule has 1 heterocycles. The lowest BCUT2D eigenvalue weighted by molar-refractivity contribution is 0.414. The third-order valence-electron chi connectivity index (χ3n) is 4.81. The van der Waals surface area contributed by atoms with E-state index in [-0.39, 0.29) is 24.0 Å². The number of aryl methyl sites for hydroxylation is 1. The molecule has 32 heavy (non-hydrogen) atoms. The Bertz CT molecular complexity index is 1070. The van der Waals surface area contributed by atoms with Crippen LogP contribution in [0.5, 0.6) is 5.75 Å². The number of nitrogen functional groups attached to an aromatic ring is 1. The standard InChI is InChI=1S/C23H27N7O.HI/c1-26-23(28-16-17-8-6-11-19(14-17)31-2)27-13-7-12-21-20(15-24)22(25)30(29-21)18-9-4-3-5-10-18;/h3-6,8-11,14H,7,12-13,16,25H2,1-2H3,(H2,26,27,28);1H. The van der Waals surface area contributed by atoms with Gasteiger partial charge in [-0.25, -0.2) is 4.68 Å². The van der Waals surface area contributed by atoms with Gasteiger partial charge in [0.25, 0.3) is 0 Å². The Morgan fingerprint density at radius 2 is 1.97 bits per heavy atom. The van der Waals surface area contributed by atoms with Crippen LogP contribution in [0, 0.1) is 11.3 Å². The summed E-state index contributed by atoms with van der Waals surface area (Å²) in [6, 6.07) is 19.6. The molecule has 168 valence electrons. The molecule has 3 rings (SSSR count). The summed E-state index contributed by atoms with van der Waals surface area (Å²) < 4.78 is 6.87. The summed E-state index contributed by atoms with van der Waals surface area (Å²) in [4.78, 5) is 4.25. The number of guanidine groups is 1. The molecule has 8 nitrogen and oxygen atoms in total. The van der Waals surface area contributed by atoms with Crippen molar-refractivity contribution in [3.05, 3.63) is 71.4 Å². The van der Waals surface area contributed by atoms with Gasteiger partial charge in [-0.3, -0.25) is 4.99 Å². The first-order valence-corrected chi connectivity index (χ1v) is 10.1. The third kappa shape index (κ3) is 6.37. The fraction of sp³-hybridized carbons (Fsp3) is 0.261. The van der Waals surface area contributed by atoms with Crippen LogP contribution < -0.4 is 21.1 Å². The van der Waals surface area contributed by atoms with Gasteiger partial charge in [-0.1, -0.05) is 30.3 Å². The van der Waals surface area contributed by atoms with E-state index < -0.39 is 0 Å². The monoisotopic (exact) mass is 545 g/mol. The summed E-state index contributed by atoms with van der Waals surface area (Å²) in [7, 11) is 3.39. The van der Waals surface area contributed by atoms with E-state index in [1.165, 1.54) is 0 Å². The molecule has 0 atom stereocenters. The molecule has 0 saturated carbocycles. The van der Waals surface area contributed by atoms with E-state index in [1.807, 2.05) is 54.6 Å². The van der Waals surface area contributed by atoms with Gasteiger partial charge >= 0.3 is 0 Å². The average Bonchev–Trinajstić information content (AvgIpc) is 3.14. The molecule has 0 unspecified atom stereocenters. The van der Waals surface area contributed by atoms with Gasteiger partial charge in [0.15, 0.2) is 5.96 Å². The molecular weight excluding hydrogens is 517 g/mol. The number of para-hydroxylation sites is 1. The quantitative estimate of drug-likeness (QED) is 0.173. The van der Waals surface area contributed by atoms with Gasteiger partial charge in [-0.15, -0.1) is 24.0 Å². The Morgan fingerprint density at radius 1 is 1.19 bits per heavy atom. The summed E-state index contributed by atoms with van der Waals surface area (Å²) >= 11 is 0. The Morgan fingerprint density at radius 3 is 2.66 bits per heavy atom. The van der Waals surface area contributed by atoms with Crippen LogP contribution in [0.25, 0.3) is 5.69 Å². The van der Waals surface area contributed by atoms with Gasteiger partial charge in [0.1, 0.15) is 23.2 Å². The predicted octanol–water partition coefficient (Wildman–Crippen LogP) is 3.25. The minimum Gasteiger partial charge on any atom is -0.497 e. The summed E-state index contributed by atoms with van der Waals surface area (Å²) in [5, 5.41) is 20.7. The largest absolute Gasteiger partial charge is 0.497 e. The van der Waals surface area contributed by atoms with Crippen molar-refractivity contribution in [2.45, 2.75) is 19.4 Å². The van der Waals surface area contributed by atoms with Crippen LogP contribution in [0.2, 0.25) is 0 Å². The molecule has 3 aromatic rings. The van der Waals surface area contributed by atoms with E-state index >= 15 is 0 Å². The number of aromatic nitrogens is 2. The van der Waals surface area contributed by atoms with Gasteiger partial charge in [-0.2, -0.15) is 10.4 Å². The minimum atomic E-state index is 0. The van der Waals surface area contributed by atoms with E-state index in [2.05, 4.69) is 26.8 Å². The number of aliphatic imine (C=N–C) groups is 1. The highest BCUT2D eigenvalue weighted by molar-refractivity contribution is 14.0. The molecule has 2 aromatic carbocycles. The van der Waals surface area contributed by atoms with Crippen LogP contribution in [-0.4, -0.2) is 36.4 Å². The maximum Gasteiger partial charge on any atom is 0.191 e. The van der Waals surface area contributed by atoms with E-state index in [0.29, 0.717) is 42.5 Å². The van der Waals surface area contributed by atoms with Gasteiger partial charge in [0.05, 0.1) is 18.5 Å². The second-order valence-corrected chi connectivity index (χ2v) is 6.87. The fourth-order valence-electron chi connectivity index (χ4n) is 3.19. The first-order valence-electron chi connectivity index (χ1n) is 10.1. The normalized spacial score (nSPS) is 10.7. The van der Waals surface area contributed by atoms with Crippen LogP contribution >= 0.6 is 24.0 Å². The highest BCUT2D eigenvalue weighted by Gasteiger charge is 2.16. The lowest BCUT2D eigenvalue weighted by Gasteiger charge is -2.12. The lowest BCUT2D eigenvalue weighted by Crippen LogP contribution is -2.37. The van der Waals surface area contributed by atoms with Crippen LogP contribution in [-0.2, 0) is 13.0 Å². The molecule has 0 amide bonds. The minimum absolute atomic E-state index is 0. The molecule has 0 aliphatic heterocycles. The van der Waals surface area contributed by atoms with Crippen molar-refractivity contribution in [1.29, 1.82) is 5.26 Å². The zero-order valence-electron chi connectivity index (χ0n) is 18.2. The molecule has 9 heteroatoms. The molecule has 1 aromatic heterocycles. The number of nitrogens with two attached hydrogens (primary N) is 1. The van der Waals surface area contributed by atoms with Crippen molar-refractivity contribution >= 4 is 35.8 Å². The van der Waals surface area contributed by atoms with E-state index in [1.54, 1.807) is 18.8 Å². The number of anilines is 1. The number of benzene rings is 2. The van der Waals surface area contributed by atoms with Crippen LogP contribution in [0.4, 0.5) is 5.82 Å². The second kappa shape index (κ2) is 12.6. The van der Waals surface area contributed by atoms with Crippen molar-refractivity contribution in [2.24, 2.45) is 4.99 Å². The SMILES string of the molecule is CN=C(NCCCc1nn(-c2ccccc2)c(N)c1C#N)NCc1cccc(OC)c1.I. The van der Waals surface area contributed by atoms with Gasteiger partial charge in [0, 0.05) is 20.1 Å². The molecule has 0 saturated heterocycles. The topological polar surface area (TPSA) is 113 Å². The van der Waals surface area contributed by atoms with Gasteiger partial charge in [0.2, 0.25) is 0 Å². The number of nitrogens with zero attached hydrogens (tertiary/aromatic N) is 4. The van der Waals surface area contributed by atoms with Crippen molar-refractivity contribution in [3.63, 3.8) is 0 Å². The Kier molecular flexibility index (Phi) is 9.81. The van der Waals surface area contributed by atoms with E-state index in [0.717, 1.165) is 23.4 Å². The fourth-order valence-corrected chi connectivity index (χ4v) is 3.19. The highest BCUT2D eigenvalue weighted by Crippen LogP contribution is 2.21. The Labute approximate surface area is 205 Å². The summed E-state index contributed by atoms with van der Waals surface area (Å²) in [6.07, 6.45) is 1.41. The third-order valence-corrected chi connectivity index (χ3v) is 4.81. The zero-order valence-corrected chi connectivity index (χ0v) is 20.5. The summed E-state index contributed by atoms with van der Waals surface area (Å²) in [6.45, 7) is 1.31. The number of methoxy groups -OCH3 is 1. The van der Waals surface area contributed by atoms with Gasteiger partial charge < -0.3 is 21.1 Å². The average molecular weight is 545 g/mol. The molecule has 0 aliphatic rings. The number of nitrogens with one attached hydrogen (secondary N) is 2. The Balaban J connectivity index is 0.00000363. The predicted molar refractivity (Wildman–Crippen MR) is 138 cm³/mol. The smallest absolute Gasteiger partial charge is 0.191 e. The number of hydrogen-bond donors (Lipinski definition) is 3. The highest BCUT2D eigenvalue weighted by atomic mass is 127. The van der Waals surface area contributed by atoms with Gasteiger partial charge in [-0.05, 0) is 42.7 Å². The number of hydrogen-bond acceptors (Lipinski definition) is 5. The van der Waals surface area contributed by atoms with Crippen molar-refractivity contribution in [3.8, 4) is 17.5 Å². The molecule has 0 aliphatic carbocycles. The zero-order chi connectivity index (χ0) is 22.1. The number of nitriles is 1. The van der Waals surface area contributed by atoms with Crippen LogP contribution in [0.3, 0.4) is 0 Å². The maximum atomic E-state index is 9.52. The molecule has 0 spiro atoms. The second-order valence-electron chi connectivity index (χ2n) is 6.87. The number of ether oxygens (including phenoxy) is 1. The summed E-state index contributed by atoms with van der Waals surface area (Å²) in [5.74, 6) is 1.90. The number of rotatable bonds is 8. The first-order chi connectivity index (χ1) is 15.2. The molecular formula is C23H28IN7O. The molecule has 0 bridgehead atoms. The van der Waals surface area contributed by atoms with Crippen molar-refractivity contribution < 1.29 is 4.74 Å². The van der Waals surface area contributed by atoms with E-state index in [4.69, 9.17) is 10.5 Å². The molecule has 4 N–H and O–H groups in total.